The molecule has 5 rings (SSSR count). The van der Waals surface area contributed by atoms with E-state index < -0.39 is 5.60 Å². The van der Waals surface area contributed by atoms with Crippen LogP contribution in [0.5, 0.6) is 0 Å². The first kappa shape index (κ1) is 22.1. The second-order valence-electron chi connectivity index (χ2n) is 9.85. The molecule has 1 fully saturated rings. The lowest BCUT2D eigenvalue weighted by molar-refractivity contribution is 0.00124. The average Bonchev–Trinajstić information content (AvgIpc) is 3.29. The highest BCUT2D eigenvalue weighted by molar-refractivity contribution is 5.73. The van der Waals surface area contributed by atoms with Gasteiger partial charge in [0, 0.05) is 31.0 Å². The average molecular weight is 460 g/mol. The lowest BCUT2D eigenvalue weighted by Gasteiger charge is -2.40. The van der Waals surface area contributed by atoms with Crippen molar-refractivity contribution in [2.75, 3.05) is 13.1 Å². The summed E-state index contributed by atoms with van der Waals surface area (Å²) in [4.78, 5) is 27.6. The van der Waals surface area contributed by atoms with Crippen LogP contribution in [0.2, 0.25) is 0 Å². The summed E-state index contributed by atoms with van der Waals surface area (Å²) in [6, 6.07) is 8.55. The SMILES string of the molecule is Cc1cn(C2CN(C(=O)OC(C)(C)C)C2)c(-c2ccc(Cn3ncc4cnc(C)nc43)cc2)n1. The van der Waals surface area contributed by atoms with Crippen LogP contribution in [-0.2, 0) is 11.3 Å². The molecule has 9 heteroatoms. The molecule has 0 unspecified atom stereocenters. The Labute approximate surface area is 198 Å². The zero-order valence-corrected chi connectivity index (χ0v) is 20.2. The number of fused-ring (bicyclic) bond motifs is 1. The standard InChI is InChI=1S/C25H29N7O2/c1-16-12-31(21-14-30(15-21)24(33)34-25(3,4)5)22(28-16)19-8-6-18(7-9-19)13-32-23-20(11-27-32)10-26-17(2)29-23/h6-12,21H,13-15H2,1-5H3. The summed E-state index contributed by atoms with van der Waals surface area (Å²) in [5, 5.41) is 5.40. The van der Waals surface area contributed by atoms with Gasteiger partial charge in [0.25, 0.3) is 0 Å². The van der Waals surface area contributed by atoms with Crippen LogP contribution in [-0.4, -0.2) is 59.0 Å². The summed E-state index contributed by atoms with van der Waals surface area (Å²) in [6.07, 6.45) is 5.38. The number of carbonyl (C=O) groups excluding carboxylic acids is 1. The van der Waals surface area contributed by atoms with Crippen molar-refractivity contribution in [1.82, 2.24) is 34.2 Å². The molecule has 0 spiro atoms. The Kier molecular flexibility index (Phi) is 5.34. The molecule has 9 nitrogen and oxygen atoms in total. The maximum atomic E-state index is 12.3. The molecule has 1 aliphatic rings. The number of hydrogen-bond donors (Lipinski definition) is 0. The number of rotatable bonds is 4. The maximum absolute atomic E-state index is 12.3. The number of carbonyl (C=O) groups is 1. The Bertz CT molecular complexity index is 1340. The molecule has 3 aromatic heterocycles. The minimum atomic E-state index is -0.491. The van der Waals surface area contributed by atoms with E-state index >= 15 is 0 Å². The van der Waals surface area contributed by atoms with Gasteiger partial charge in [0.1, 0.15) is 17.2 Å². The summed E-state index contributed by atoms with van der Waals surface area (Å²) >= 11 is 0. The van der Waals surface area contributed by atoms with Gasteiger partial charge in [-0.3, -0.25) is 0 Å². The molecule has 4 heterocycles. The van der Waals surface area contributed by atoms with Crippen LogP contribution in [0.4, 0.5) is 4.79 Å². The number of benzene rings is 1. The van der Waals surface area contributed by atoms with Gasteiger partial charge in [-0.05, 0) is 40.2 Å². The van der Waals surface area contributed by atoms with Crippen LogP contribution in [0.15, 0.2) is 42.9 Å². The fourth-order valence-corrected chi connectivity index (χ4v) is 4.11. The van der Waals surface area contributed by atoms with E-state index in [1.54, 1.807) is 17.3 Å². The lowest BCUT2D eigenvalue weighted by atomic mass is 10.1. The van der Waals surface area contributed by atoms with Gasteiger partial charge in [-0.1, -0.05) is 24.3 Å². The fourth-order valence-electron chi connectivity index (χ4n) is 4.11. The van der Waals surface area contributed by atoms with Gasteiger partial charge in [-0.15, -0.1) is 0 Å². The summed E-state index contributed by atoms with van der Waals surface area (Å²) in [7, 11) is 0. The van der Waals surface area contributed by atoms with Gasteiger partial charge in [0.15, 0.2) is 5.65 Å². The van der Waals surface area contributed by atoms with Gasteiger partial charge in [-0.25, -0.2) is 24.4 Å². The molecule has 0 saturated carbocycles. The number of aryl methyl sites for hydroxylation is 2. The smallest absolute Gasteiger partial charge is 0.410 e. The van der Waals surface area contributed by atoms with Crippen molar-refractivity contribution in [3.8, 4) is 11.4 Å². The summed E-state index contributed by atoms with van der Waals surface area (Å²) in [6.45, 7) is 11.4. The highest BCUT2D eigenvalue weighted by atomic mass is 16.6. The van der Waals surface area contributed by atoms with Crippen molar-refractivity contribution in [2.45, 2.75) is 52.8 Å². The predicted molar refractivity (Wildman–Crippen MR) is 128 cm³/mol. The predicted octanol–water partition coefficient (Wildman–Crippen LogP) is 4.15. The molecule has 0 N–H and O–H groups in total. The van der Waals surface area contributed by atoms with Crippen molar-refractivity contribution in [3.63, 3.8) is 0 Å². The third-order valence-corrected chi connectivity index (χ3v) is 5.80. The number of likely N-dealkylation sites (tertiary alicyclic amines) is 1. The van der Waals surface area contributed by atoms with Crippen molar-refractivity contribution in [2.24, 2.45) is 0 Å². The molecule has 176 valence electrons. The molecule has 1 saturated heterocycles. The largest absolute Gasteiger partial charge is 0.444 e. The van der Waals surface area contributed by atoms with Crippen LogP contribution < -0.4 is 0 Å². The molecule has 1 amide bonds. The van der Waals surface area contributed by atoms with Crippen molar-refractivity contribution < 1.29 is 9.53 Å². The molecular weight excluding hydrogens is 430 g/mol. The molecular formula is C25H29N7O2. The minimum absolute atomic E-state index is 0.182. The Morgan fingerprint density at radius 3 is 2.53 bits per heavy atom. The zero-order chi connectivity index (χ0) is 24.0. The minimum Gasteiger partial charge on any atom is -0.444 e. The van der Waals surface area contributed by atoms with Gasteiger partial charge in [0.05, 0.1) is 29.9 Å². The number of ether oxygens (including phenoxy) is 1. The molecule has 4 aromatic rings. The Morgan fingerprint density at radius 2 is 1.82 bits per heavy atom. The second-order valence-corrected chi connectivity index (χ2v) is 9.85. The van der Waals surface area contributed by atoms with E-state index in [9.17, 15) is 4.79 Å². The van der Waals surface area contributed by atoms with E-state index in [-0.39, 0.29) is 12.1 Å². The molecule has 1 aliphatic heterocycles. The van der Waals surface area contributed by atoms with Crippen LogP contribution in [0.25, 0.3) is 22.4 Å². The number of amides is 1. The van der Waals surface area contributed by atoms with E-state index in [0.717, 1.165) is 39.5 Å². The summed E-state index contributed by atoms with van der Waals surface area (Å²) < 4.78 is 9.55. The normalized spacial score (nSPS) is 14.4. The van der Waals surface area contributed by atoms with Gasteiger partial charge in [0.2, 0.25) is 0 Å². The van der Waals surface area contributed by atoms with Crippen LogP contribution >= 0.6 is 0 Å². The topological polar surface area (TPSA) is 91.0 Å². The Morgan fingerprint density at radius 1 is 1.09 bits per heavy atom. The van der Waals surface area contributed by atoms with Crippen LogP contribution in [0.3, 0.4) is 0 Å². The van der Waals surface area contributed by atoms with E-state index in [2.05, 4.69) is 50.1 Å². The van der Waals surface area contributed by atoms with Crippen molar-refractivity contribution in [1.29, 1.82) is 0 Å². The third-order valence-electron chi connectivity index (χ3n) is 5.80. The first-order valence-corrected chi connectivity index (χ1v) is 11.4. The number of hydrogen-bond acceptors (Lipinski definition) is 6. The van der Waals surface area contributed by atoms with Crippen LogP contribution in [0.1, 0.15) is 43.9 Å². The zero-order valence-electron chi connectivity index (χ0n) is 20.2. The lowest BCUT2D eigenvalue weighted by Crippen LogP contribution is -2.52. The highest BCUT2D eigenvalue weighted by Crippen LogP contribution is 2.30. The first-order valence-electron chi connectivity index (χ1n) is 11.4. The fraction of sp³-hybridized carbons (Fsp3) is 0.400. The van der Waals surface area contributed by atoms with Crippen LogP contribution in [0, 0.1) is 13.8 Å². The molecule has 0 atom stereocenters. The maximum Gasteiger partial charge on any atom is 0.410 e. The summed E-state index contributed by atoms with van der Waals surface area (Å²) in [5.41, 5.74) is 3.46. The number of imidazole rings is 1. The number of aromatic nitrogens is 6. The monoisotopic (exact) mass is 459 g/mol. The second kappa shape index (κ2) is 8.23. The number of nitrogens with zero attached hydrogens (tertiary/aromatic N) is 7. The summed E-state index contributed by atoms with van der Waals surface area (Å²) in [5.74, 6) is 1.64. The third kappa shape index (κ3) is 4.37. The molecule has 0 radical (unpaired) electrons. The van der Waals surface area contributed by atoms with E-state index in [1.165, 1.54) is 0 Å². The highest BCUT2D eigenvalue weighted by Gasteiger charge is 2.35. The van der Waals surface area contributed by atoms with Crippen molar-refractivity contribution in [3.05, 3.63) is 59.9 Å². The van der Waals surface area contributed by atoms with Gasteiger partial charge >= 0.3 is 6.09 Å². The van der Waals surface area contributed by atoms with E-state index in [0.29, 0.717) is 19.6 Å². The quantitative estimate of drug-likeness (QED) is 0.455. The molecule has 0 aliphatic carbocycles. The van der Waals surface area contributed by atoms with Crippen molar-refractivity contribution >= 4 is 17.1 Å². The first-order chi connectivity index (χ1) is 16.2. The van der Waals surface area contributed by atoms with E-state index in [1.807, 2.05) is 39.3 Å². The molecule has 1 aromatic carbocycles. The van der Waals surface area contributed by atoms with E-state index in [4.69, 9.17) is 9.72 Å². The Hall–Kier alpha value is -3.75. The molecule has 0 bridgehead atoms. The van der Waals surface area contributed by atoms with Gasteiger partial charge in [-0.2, -0.15) is 5.10 Å². The van der Waals surface area contributed by atoms with Gasteiger partial charge < -0.3 is 14.2 Å². The Balaban J connectivity index is 1.31. The molecule has 34 heavy (non-hydrogen) atoms.